The minimum atomic E-state index is -0.361. The fourth-order valence-electron chi connectivity index (χ4n) is 1.20. The fourth-order valence-corrected chi connectivity index (χ4v) is 1.20. The molecule has 0 fully saturated rings. The van der Waals surface area contributed by atoms with Crippen LogP contribution in [-0.2, 0) is 6.54 Å². The molecule has 13 heavy (non-hydrogen) atoms. The van der Waals surface area contributed by atoms with Crippen LogP contribution in [-0.4, -0.2) is 15.8 Å². The molecule has 0 amide bonds. The predicted molar refractivity (Wildman–Crippen MR) is 55.4 cm³/mol. The van der Waals surface area contributed by atoms with Crippen molar-refractivity contribution in [2.75, 3.05) is 0 Å². The number of aliphatic hydroxyl groups excluding tert-OH is 1. The van der Waals surface area contributed by atoms with Gasteiger partial charge in [-0.3, -0.25) is 0 Å². The van der Waals surface area contributed by atoms with Gasteiger partial charge in [-0.05, 0) is 44.6 Å². The number of aryl methyl sites for hydroxylation is 1. The number of rotatable bonds is 3. The maximum Gasteiger partial charge on any atom is 0.0723 e. The summed E-state index contributed by atoms with van der Waals surface area (Å²) in [5.74, 6) is 0. The Morgan fingerprint density at radius 2 is 2.38 bits per heavy atom. The molecule has 0 spiro atoms. The average molecular weight is 179 g/mol. The Balaban J connectivity index is 2.89. The standard InChI is InChI=1S/C11H17NO/c1-4-12-7-5-6-11(12)8-9(2)10(3)13/h5-8,10,13H,4H2,1-3H3/b9-8-. The van der Waals surface area contributed by atoms with Crippen LogP contribution in [0.4, 0.5) is 0 Å². The summed E-state index contributed by atoms with van der Waals surface area (Å²) in [7, 11) is 0. The quantitative estimate of drug-likeness (QED) is 0.756. The van der Waals surface area contributed by atoms with E-state index in [0.29, 0.717) is 0 Å². The monoisotopic (exact) mass is 179 g/mol. The second kappa shape index (κ2) is 4.28. The van der Waals surface area contributed by atoms with Crippen molar-refractivity contribution in [2.24, 2.45) is 0 Å². The topological polar surface area (TPSA) is 25.2 Å². The second-order valence-corrected chi connectivity index (χ2v) is 3.28. The van der Waals surface area contributed by atoms with E-state index in [4.69, 9.17) is 0 Å². The van der Waals surface area contributed by atoms with Crippen molar-refractivity contribution in [3.8, 4) is 0 Å². The van der Waals surface area contributed by atoms with Gasteiger partial charge in [0.1, 0.15) is 0 Å². The van der Waals surface area contributed by atoms with Gasteiger partial charge in [0.05, 0.1) is 6.10 Å². The molecule has 0 aliphatic rings. The molecule has 0 saturated carbocycles. The number of hydrogen-bond donors (Lipinski definition) is 1. The SMILES string of the molecule is CCn1cccc1/C=C(/C)C(C)O. The summed E-state index contributed by atoms with van der Waals surface area (Å²) >= 11 is 0. The molecule has 72 valence electrons. The van der Waals surface area contributed by atoms with Crippen molar-refractivity contribution in [1.82, 2.24) is 4.57 Å². The zero-order chi connectivity index (χ0) is 9.84. The lowest BCUT2D eigenvalue weighted by molar-refractivity contribution is 0.232. The van der Waals surface area contributed by atoms with E-state index in [1.165, 1.54) is 0 Å². The molecule has 0 aliphatic heterocycles. The van der Waals surface area contributed by atoms with Crippen LogP contribution >= 0.6 is 0 Å². The first-order valence-electron chi connectivity index (χ1n) is 4.66. The Morgan fingerprint density at radius 3 is 2.92 bits per heavy atom. The zero-order valence-corrected chi connectivity index (χ0v) is 8.49. The van der Waals surface area contributed by atoms with E-state index in [2.05, 4.69) is 17.6 Å². The van der Waals surface area contributed by atoms with Crippen molar-refractivity contribution < 1.29 is 5.11 Å². The first kappa shape index (κ1) is 10.1. The summed E-state index contributed by atoms with van der Waals surface area (Å²) in [6.45, 7) is 6.80. The Kier molecular flexibility index (Phi) is 3.32. The molecule has 1 atom stereocenters. The highest BCUT2D eigenvalue weighted by molar-refractivity contribution is 5.50. The molecule has 1 rings (SSSR count). The molecule has 1 N–H and O–H groups in total. The molecule has 0 saturated heterocycles. The van der Waals surface area contributed by atoms with Crippen LogP contribution in [0.2, 0.25) is 0 Å². The highest BCUT2D eigenvalue weighted by Crippen LogP contribution is 2.10. The van der Waals surface area contributed by atoms with Gasteiger partial charge in [0.2, 0.25) is 0 Å². The smallest absolute Gasteiger partial charge is 0.0723 e. The lowest BCUT2D eigenvalue weighted by atomic mass is 10.1. The molecule has 1 heterocycles. The minimum Gasteiger partial charge on any atom is -0.389 e. The second-order valence-electron chi connectivity index (χ2n) is 3.28. The number of hydrogen-bond acceptors (Lipinski definition) is 1. The first-order chi connectivity index (χ1) is 6.15. The van der Waals surface area contributed by atoms with Crippen molar-refractivity contribution in [3.05, 3.63) is 29.6 Å². The van der Waals surface area contributed by atoms with Crippen LogP contribution in [0.15, 0.2) is 23.9 Å². The number of aliphatic hydroxyl groups is 1. The molecule has 0 aliphatic carbocycles. The van der Waals surface area contributed by atoms with Gasteiger partial charge in [-0.1, -0.05) is 0 Å². The Morgan fingerprint density at radius 1 is 1.69 bits per heavy atom. The molecular formula is C11H17NO. The normalized spacial score (nSPS) is 14.6. The highest BCUT2D eigenvalue weighted by Gasteiger charge is 2.00. The van der Waals surface area contributed by atoms with E-state index in [9.17, 15) is 5.11 Å². The van der Waals surface area contributed by atoms with Crippen molar-refractivity contribution >= 4 is 6.08 Å². The summed E-state index contributed by atoms with van der Waals surface area (Å²) in [5, 5.41) is 9.31. The lowest BCUT2D eigenvalue weighted by Crippen LogP contribution is -2.02. The van der Waals surface area contributed by atoms with Gasteiger partial charge in [0, 0.05) is 18.4 Å². The molecule has 1 unspecified atom stereocenters. The van der Waals surface area contributed by atoms with Crippen molar-refractivity contribution in [2.45, 2.75) is 33.4 Å². The Bertz CT molecular complexity index is 297. The summed E-state index contributed by atoms with van der Waals surface area (Å²) in [4.78, 5) is 0. The van der Waals surface area contributed by atoms with E-state index >= 15 is 0 Å². The van der Waals surface area contributed by atoms with Gasteiger partial charge in [-0.2, -0.15) is 0 Å². The van der Waals surface area contributed by atoms with Crippen LogP contribution in [0.25, 0.3) is 6.08 Å². The van der Waals surface area contributed by atoms with Gasteiger partial charge in [-0.25, -0.2) is 0 Å². The van der Waals surface area contributed by atoms with Gasteiger partial charge >= 0.3 is 0 Å². The average Bonchev–Trinajstić information content (AvgIpc) is 2.51. The zero-order valence-electron chi connectivity index (χ0n) is 8.49. The maximum atomic E-state index is 9.31. The van der Waals surface area contributed by atoms with Gasteiger partial charge in [-0.15, -0.1) is 0 Å². The fraction of sp³-hybridized carbons (Fsp3) is 0.455. The molecule has 2 heteroatoms. The van der Waals surface area contributed by atoms with Gasteiger partial charge in [0.25, 0.3) is 0 Å². The molecule has 0 aromatic carbocycles. The summed E-state index contributed by atoms with van der Waals surface area (Å²) < 4.78 is 2.14. The third-order valence-corrected chi connectivity index (χ3v) is 2.24. The molecule has 0 radical (unpaired) electrons. The van der Waals surface area contributed by atoms with Crippen molar-refractivity contribution in [1.29, 1.82) is 0 Å². The summed E-state index contributed by atoms with van der Waals surface area (Å²) in [5.41, 5.74) is 2.15. The van der Waals surface area contributed by atoms with Crippen LogP contribution in [0, 0.1) is 0 Å². The maximum absolute atomic E-state index is 9.31. The first-order valence-corrected chi connectivity index (χ1v) is 4.66. The molecule has 1 aromatic rings. The third kappa shape index (κ3) is 2.46. The number of aromatic nitrogens is 1. The van der Waals surface area contributed by atoms with Crippen LogP contribution in [0.3, 0.4) is 0 Å². The molecule has 0 bridgehead atoms. The lowest BCUT2D eigenvalue weighted by Gasteiger charge is -2.06. The van der Waals surface area contributed by atoms with Gasteiger partial charge < -0.3 is 9.67 Å². The van der Waals surface area contributed by atoms with Gasteiger partial charge in [0.15, 0.2) is 0 Å². The Hall–Kier alpha value is -1.02. The van der Waals surface area contributed by atoms with Crippen LogP contribution in [0.5, 0.6) is 0 Å². The minimum absolute atomic E-state index is 0.361. The summed E-state index contributed by atoms with van der Waals surface area (Å²) in [6.07, 6.45) is 3.70. The van der Waals surface area contributed by atoms with Crippen LogP contribution in [0.1, 0.15) is 26.5 Å². The van der Waals surface area contributed by atoms with Crippen LogP contribution < -0.4 is 0 Å². The summed E-state index contributed by atoms with van der Waals surface area (Å²) in [6, 6.07) is 4.07. The van der Waals surface area contributed by atoms with E-state index in [0.717, 1.165) is 17.8 Å². The Labute approximate surface area is 79.5 Å². The molecular weight excluding hydrogens is 162 g/mol. The van der Waals surface area contributed by atoms with E-state index < -0.39 is 0 Å². The van der Waals surface area contributed by atoms with Crippen molar-refractivity contribution in [3.63, 3.8) is 0 Å². The van der Waals surface area contributed by atoms with E-state index in [-0.39, 0.29) is 6.10 Å². The molecule has 1 aromatic heterocycles. The molecule has 2 nitrogen and oxygen atoms in total. The predicted octanol–water partition coefficient (Wildman–Crippen LogP) is 2.29. The highest BCUT2D eigenvalue weighted by atomic mass is 16.3. The number of nitrogens with zero attached hydrogens (tertiary/aromatic N) is 1. The van der Waals surface area contributed by atoms with E-state index in [1.54, 1.807) is 6.92 Å². The largest absolute Gasteiger partial charge is 0.389 e. The van der Waals surface area contributed by atoms with E-state index in [1.807, 2.05) is 25.3 Å². The third-order valence-electron chi connectivity index (χ3n) is 2.24.